The first-order valence-corrected chi connectivity index (χ1v) is 6.54. The average molecular weight is 338 g/mol. The van der Waals surface area contributed by atoms with Gasteiger partial charge in [0.15, 0.2) is 6.04 Å². The summed E-state index contributed by atoms with van der Waals surface area (Å²) >= 11 is 3.31. The number of carbonyl (C=O) groups excluding carboxylic acids is 2. The van der Waals surface area contributed by atoms with E-state index in [0.717, 1.165) is 4.47 Å². The Morgan fingerprint density at radius 3 is 2.55 bits per heavy atom. The third-order valence-corrected chi connectivity index (χ3v) is 3.19. The number of amides is 1. The summed E-state index contributed by atoms with van der Waals surface area (Å²) in [5, 5.41) is 8.84. The summed E-state index contributed by atoms with van der Waals surface area (Å²) in [5.41, 5.74) is 0.906. The molecule has 0 aliphatic rings. The number of benzene rings is 1. The van der Waals surface area contributed by atoms with Gasteiger partial charge in [0.25, 0.3) is 5.91 Å². The minimum absolute atomic E-state index is 0.274. The van der Waals surface area contributed by atoms with Gasteiger partial charge >= 0.3 is 5.97 Å². The number of rotatable bonds is 4. The fourth-order valence-electron chi connectivity index (χ4n) is 1.64. The first-order valence-electron chi connectivity index (χ1n) is 5.75. The van der Waals surface area contributed by atoms with Gasteiger partial charge in [-0.15, -0.1) is 0 Å². The molecule has 1 unspecified atom stereocenters. The van der Waals surface area contributed by atoms with Gasteiger partial charge in [0.05, 0.1) is 7.11 Å². The van der Waals surface area contributed by atoms with E-state index in [-0.39, 0.29) is 5.69 Å². The number of hydrogen-bond donors (Lipinski definition) is 2. The number of nitrogens with one attached hydrogen (secondary N) is 2. The number of ether oxygens (including phenoxy) is 1. The second-order valence-corrected chi connectivity index (χ2v) is 4.87. The molecule has 1 amide bonds. The molecule has 0 saturated carbocycles. The molecule has 1 heterocycles. The highest BCUT2D eigenvalue weighted by atomic mass is 79.9. The van der Waals surface area contributed by atoms with Crippen molar-refractivity contribution in [2.24, 2.45) is 0 Å². The number of aromatic amines is 1. The predicted molar refractivity (Wildman–Crippen MR) is 75.0 cm³/mol. The number of halogens is 1. The number of nitrogens with zero attached hydrogens (tertiary/aromatic N) is 1. The van der Waals surface area contributed by atoms with Gasteiger partial charge in [-0.25, -0.2) is 4.79 Å². The van der Waals surface area contributed by atoms with Gasteiger partial charge in [0.2, 0.25) is 0 Å². The van der Waals surface area contributed by atoms with Crippen molar-refractivity contribution in [2.75, 3.05) is 7.11 Å². The molecule has 0 fully saturated rings. The molecule has 0 bridgehead atoms. The van der Waals surface area contributed by atoms with Crippen LogP contribution in [0.5, 0.6) is 0 Å². The third kappa shape index (κ3) is 3.24. The van der Waals surface area contributed by atoms with Crippen molar-refractivity contribution in [1.82, 2.24) is 15.5 Å². The maximum absolute atomic E-state index is 12.0. The minimum atomic E-state index is -0.871. The van der Waals surface area contributed by atoms with Gasteiger partial charge in [-0.05, 0) is 23.8 Å². The monoisotopic (exact) mass is 337 g/mol. The van der Waals surface area contributed by atoms with Crippen molar-refractivity contribution in [3.8, 4) is 0 Å². The summed E-state index contributed by atoms with van der Waals surface area (Å²) in [6.07, 6.45) is 1.46. The molecule has 6 nitrogen and oxygen atoms in total. The van der Waals surface area contributed by atoms with Crippen molar-refractivity contribution in [3.05, 3.63) is 52.3 Å². The van der Waals surface area contributed by atoms with Crippen LogP contribution in [0, 0.1) is 0 Å². The Kier molecular flexibility index (Phi) is 4.52. The van der Waals surface area contributed by atoms with Crippen LogP contribution in [-0.2, 0) is 9.53 Å². The first kappa shape index (κ1) is 14.3. The SMILES string of the molecule is COC(=O)C(NC(=O)c1ccn[nH]1)c1ccc(Br)cc1. The minimum Gasteiger partial charge on any atom is -0.467 e. The number of carbonyl (C=O) groups is 2. The van der Waals surface area contributed by atoms with Gasteiger partial charge in [-0.1, -0.05) is 28.1 Å². The molecule has 0 spiro atoms. The van der Waals surface area contributed by atoms with Crippen LogP contribution in [0.1, 0.15) is 22.1 Å². The predicted octanol–water partition coefficient (Wildman–Crippen LogP) is 1.82. The van der Waals surface area contributed by atoms with E-state index in [9.17, 15) is 9.59 Å². The Balaban J connectivity index is 2.22. The standard InChI is InChI=1S/C13H12BrN3O3/c1-20-13(19)11(8-2-4-9(14)5-3-8)16-12(18)10-6-7-15-17-10/h2-7,11H,1H3,(H,15,17)(H,16,18). The lowest BCUT2D eigenvalue weighted by molar-refractivity contribution is -0.143. The van der Waals surface area contributed by atoms with E-state index >= 15 is 0 Å². The van der Waals surface area contributed by atoms with Crippen molar-refractivity contribution in [3.63, 3.8) is 0 Å². The Labute approximate surface area is 123 Å². The number of methoxy groups -OCH3 is 1. The van der Waals surface area contributed by atoms with Crippen molar-refractivity contribution in [2.45, 2.75) is 6.04 Å². The topological polar surface area (TPSA) is 84.1 Å². The van der Waals surface area contributed by atoms with Crippen LogP contribution in [0.4, 0.5) is 0 Å². The zero-order valence-corrected chi connectivity index (χ0v) is 12.2. The number of esters is 1. The van der Waals surface area contributed by atoms with E-state index in [2.05, 4.69) is 31.4 Å². The Hall–Kier alpha value is -2.15. The molecule has 0 radical (unpaired) electrons. The van der Waals surface area contributed by atoms with Crippen LogP contribution in [0.25, 0.3) is 0 Å². The van der Waals surface area contributed by atoms with E-state index in [1.165, 1.54) is 19.4 Å². The van der Waals surface area contributed by atoms with Crippen LogP contribution in [0.2, 0.25) is 0 Å². The lowest BCUT2D eigenvalue weighted by Crippen LogP contribution is -2.34. The first-order chi connectivity index (χ1) is 9.61. The van der Waals surface area contributed by atoms with Crippen LogP contribution in [0.15, 0.2) is 41.0 Å². The Morgan fingerprint density at radius 1 is 1.30 bits per heavy atom. The third-order valence-electron chi connectivity index (χ3n) is 2.66. The van der Waals surface area contributed by atoms with Gasteiger partial charge in [0, 0.05) is 10.7 Å². The van der Waals surface area contributed by atoms with E-state index in [4.69, 9.17) is 4.74 Å². The van der Waals surface area contributed by atoms with E-state index < -0.39 is 17.9 Å². The molecule has 0 aliphatic heterocycles. The zero-order valence-electron chi connectivity index (χ0n) is 10.6. The molecule has 2 rings (SSSR count). The molecular formula is C13H12BrN3O3. The normalized spacial score (nSPS) is 11.7. The Morgan fingerprint density at radius 2 is 2.00 bits per heavy atom. The summed E-state index contributed by atoms with van der Waals surface area (Å²) in [6, 6.07) is 7.69. The molecule has 20 heavy (non-hydrogen) atoms. The number of aromatic nitrogens is 2. The molecule has 7 heteroatoms. The second kappa shape index (κ2) is 6.33. The molecule has 104 valence electrons. The van der Waals surface area contributed by atoms with Crippen LogP contribution < -0.4 is 5.32 Å². The fourth-order valence-corrected chi connectivity index (χ4v) is 1.91. The number of H-pyrrole nitrogens is 1. The zero-order chi connectivity index (χ0) is 14.5. The summed E-state index contributed by atoms with van der Waals surface area (Å²) in [6.45, 7) is 0. The van der Waals surface area contributed by atoms with Crippen molar-refractivity contribution < 1.29 is 14.3 Å². The van der Waals surface area contributed by atoms with E-state index in [1.54, 1.807) is 24.3 Å². The molecule has 1 aromatic carbocycles. The largest absolute Gasteiger partial charge is 0.467 e. The lowest BCUT2D eigenvalue weighted by atomic mass is 10.1. The second-order valence-electron chi connectivity index (χ2n) is 3.95. The summed E-state index contributed by atoms with van der Waals surface area (Å²) in [4.78, 5) is 23.8. The maximum Gasteiger partial charge on any atom is 0.333 e. The van der Waals surface area contributed by atoms with Crippen LogP contribution >= 0.6 is 15.9 Å². The van der Waals surface area contributed by atoms with Crippen molar-refractivity contribution in [1.29, 1.82) is 0 Å². The summed E-state index contributed by atoms with van der Waals surface area (Å²) in [5.74, 6) is -0.971. The lowest BCUT2D eigenvalue weighted by Gasteiger charge is -2.16. The molecule has 2 N–H and O–H groups in total. The summed E-state index contributed by atoms with van der Waals surface area (Å²) in [7, 11) is 1.27. The molecule has 0 saturated heterocycles. The highest BCUT2D eigenvalue weighted by Gasteiger charge is 2.24. The van der Waals surface area contributed by atoms with Crippen LogP contribution in [-0.4, -0.2) is 29.2 Å². The maximum atomic E-state index is 12.0. The summed E-state index contributed by atoms with van der Waals surface area (Å²) < 4.78 is 5.60. The van der Waals surface area contributed by atoms with Gasteiger partial charge < -0.3 is 10.1 Å². The van der Waals surface area contributed by atoms with Crippen molar-refractivity contribution >= 4 is 27.8 Å². The highest BCUT2D eigenvalue weighted by Crippen LogP contribution is 2.18. The molecule has 2 aromatic rings. The molecule has 1 atom stereocenters. The van der Waals surface area contributed by atoms with Gasteiger partial charge in [-0.2, -0.15) is 5.10 Å². The quantitative estimate of drug-likeness (QED) is 0.833. The average Bonchev–Trinajstić information content (AvgIpc) is 2.99. The van der Waals surface area contributed by atoms with E-state index in [0.29, 0.717) is 5.56 Å². The fraction of sp³-hybridized carbons (Fsp3) is 0.154. The molecule has 0 aliphatic carbocycles. The number of hydrogen-bond acceptors (Lipinski definition) is 4. The Bertz CT molecular complexity index is 596. The van der Waals surface area contributed by atoms with E-state index in [1.807, 2.05) is 0 Å². The smallest absolute Gasteiger partial charge is 0.333 e. The molecule has 1 aromatic heterocycles. The molecular weight excluding hydrogens is 326 g/mol. The van der Waals surface area contributed by atoms with Crippen LogP contribution in [0.3, 0.4) is 0 Å². The van der Waals surface area contributed by atoms with Gasteiger partial charge in [-0.3, -0.25) is 9.89 Å². The highest BCUT2D eigenvalue weighted by molar-refractivity contribution is 9.10. The van der Waals surface area contributed by atoms with Gasteiger partial charge in [0.1, 0.15) is 5.69 Å².